The van der Waals surface area contributed by atoms with Gasteiger partial charge in [0, 0.05) is 18.4 Å². The van der Waals surface area contributed by atoms with Crippen LogP contribution in [0.2, 0.25) is 0 Å². The van der Waals surface area contributed by atoms with Gasteiger partial charge in [0.15, 0.2) is 0 Å². The van der Waals surface area contributed by atoms with E-state index in [0.29, 0.717) is 6.42 Å². The van der Waals surface area contributed by atoms with E-state index in [-0.39, 0.29) is 6.61 Å². The van der Waals surface area contributed by atoms with Gasteiger partial charge in [0.05, 0.1) is 17.9 Å². The molecule has 1 saturated heterocycles. The minimum atomic E-state index is -0.395. The van der Waals surface area contributed by atoms with Gasteiger partial charge < -0.3 is 9.84 Å². The van der Waals surface area contributed by atoms with E-state index in [4.69, 9.17) is 4.74 Å². The Balaban J connectivity index is 2.04. The fourth-order valence-corrected chi connectivity index (χ4v) is 2.27. The molecule has 1 aliphatic heterocycles. The lowest BCUT2D eigenvalue weighted by Gasteiger charge is -2.35. The van der Waals surface area contributed by atoms with Crippen LogP contribution >= 0.6 is 11.5 Å². The van der Waals surface area contributed by atoms with E-state index in [1.165, 1.54) is 11.5 Å². The number of ether oxygens (including phenoxy) is 1. The molecule has 1 atom stereocenters. The lowest BCUT2D eigenvalue weighted by molar-refractivity contribution is -0.107. The summed E-state index contributed by atoms with van der Waals surface area (Å²) in [5.74, 6) is 0. The Kier molecular flexibility index (Phi) is 3.10. The Morgan fingerprint density at radius 3 is 3.07 bits per heavy atom. The molecule has 78 valence electrons. The fourth-order valence-electron chi connectivity index (χ4n) is 1.82. The largest absolute Gasteiger partial charge is 0.393 e. The average Bonchev–Trinajstić information content (AvgIpc) is 2.72. The van der Waals surface area contributed by atoms with Crippen LogP contribution in [0.4, 0.5) is 0 Å². The van der Waals surface area contributed by atoms with Crippen LogP contribution in [-0.4, -0.2) is 33.5 Å². The van der Waals surface area contributed by atoms with Crippen molar-refractivity contribution in [2.45, 2.75) is 31.3 Å². The van der Waals surface area contributed by atoms with Crippen LogP contribution in [-0.2, 0) is 11.2 Å². The summed E-state index contributed by atoms with van der Waals surface area (Å²) >= 11 is 1.34. The third-order valence-corrected chi connectivity index (χ3v) is 3.18. The van der Waals surface area contributed by atoms with Gasteiger partial charge in [0.1, 0.15) is 0 Å². The van der Waals surface area contributed by atoms with Gasteiger partial charge in [0.25, 0.3) is 0 Å². The molecule has 1 unspecified atom stereocenters. The minimum absolute atomic E-state index is 0.0739. The second kappa shape index (κ2) is 4.33. The number of hydrogen-bond donors (Lipinski definition) is 1. The summed E-state index contributed by atoms with van der Waals surface area (Å²) in [5.41, 5.74) is 0.527. The SMILES string of the molecule is OCC1(Cc2csnn2)CCCCO1. The van der Waals surface area contributed by atoms with Crippen molar-refractivity contribution in [2.75, 3.05) is 13.2 Å². The van der Waals surface area contributed by atoms with Crippen LogP contribution in [0.1, 0.15) is 25.0 Å². The standard InChI is InChI=1S/C9H14N2O2S/c12-7-9(3-1-2-4-13-9)5-8-6-14-11-10-8/h6,12H,1-5,7H2. The number of aliphatic hydroxyl groups is 1. The summed E-state index contributed by atoms with van der Waals surface area (Å²) in [5, 5.41) is 15.3. The molecule has 0 aromatic carbocycles. The highest BCUT2D eigenvalue weighted by atomic mass is 32.1. The van der Waals surface area contributed by atoms with Crippen molar-refractivity contribution in [3.8, 4) is 0 Å². The molecule has 1 N–H and O–H groups in total. The molecular weight excluding hydrogens is 200 g/mol. The van der Waals surface area contributed by atoms with E-state index >= 15 is 0 Å². The van der Waals surface area contributed by atoms with Gasteiger partial charge in [-0.1, -0.05) is 4.49 Å². The van der Waals surface area contributed by atoms with Gasteiger partial charge in [0.2, 0.25) is 0 Å². The van der Waals surface area contributed by atoms with Crippen molar-refractivity contribution in [3.05, 3.63) is 11.1 Å². The summed E-state index contributed by atoms with van der Waals surface area (Å²) in [4.78, 5) is 0. The van der Waals surface area contributed by atoms with E-state index in [2.05, 4.69) is 9.59 Å². The maximum Gasteiger partial charge on any atom is 0.0968 e. The molecule has 0 radical (unpaired) electrons. The summed E-state index contributed by atoms with van der Waals surface area (Å²) in [6.07, 6.45) is 3.82. The summed E-state index contributed by atoms with van der Waals surface area (Å²) in [6, 6.07) is 0. The highest BCUT2D eigenvalue weighted by Gasteiger charge is 2.33. The molecule has 0 aliphatic carbocycles. The number of aliphatic hydroxyl groups excluding tert-OH is 1. The molecule has 1 fully saturated rings. The first kappa shape index (κ1) is 10.0. The zero-order valence-electron chi connectivity index (χ0n) is 7.98. The highest BCUT2D eigenvalue weighted by molar-refractivity contribution is 7.03. The summed E-state index contributed by atoms with van der Waals surface area (Å²) < 4.78 is 9.48. The number of nitrogens with zero attached hydrogens (tertiary/aromatic N) is 2. The summed E-state index contributed by atoms with van der Waals surface area (Å²) in [6.45, 7) is 0.822. The Labute approximate surface area is 87.1 Å². The van der Waals surface area contributed by atoms with Gasteiger partial charge in [-0.15, -0.1) is 5.10 Å². The molecule has 0 amide bonds. The average molecular weight is 214 g/mol. The normalized spacial score (nSPS) is 27.8. The van der Waals surface area contributed by atoms with Crippen LogP contribution in [0.25, 0.3) is 0 Å². The van der Waals surface area contributed by atoms with Gasteiger partial charge in [-0.25, -0.2) is 0 Å². The van der Waals surface area contributed by atoms with Crippen LogP contribution in [0, 0.1) is 0 Å². The van der Waals surface area contributed by atoms with E-state index < -0.39 is 5.60 Å². The lowest BCUT2D eigenvalue weighted by atomic mass is 9.90. The Hall–Kier alpha value is -0.520. The van der Waals surface area contributed by atoms with Crippen LogP contribution in [0.5, 0.6) is 0 Å². The monoisotopic (exact) mass is 214 g/mol. The zero-order chi connectivity index (χ0) is 9.86. The lowest BCUT2D eigenvalue weighted by Crippen LogP contribution is -2.42. The molecule has 2 rings (SSSR count). The molecule has 2 heterocycles. The van der Waals surface area contributed by atoms with Crippen LogP contribution in [0.3, 0.4) is 0 Å². The second-order valence-corrected chi connectivity index (χ2v) is 4.33. The third-order valence-electron chi connectivity index (χ3n) is 2.63. The smallest absolute Gasteiger partial charge is 0.0968 e. The van der Waals surface area contributed by atoms with Crippen molar-refractivity contribution in [1.82, 2.24) is 9.59 Å². The third kappa shape index (κ3) is 2.10. The first-order valence-corrected chi connectivity index (χ1v) is 5.69. The number of aromatic nitrogens is 2. The molecule has 1 aromatic rings. The van der Waals surface area contributed by atoms with Crippen molar-refractivity contribution in [3.63, 3.8) is 0 Å². The van der Waals surface area contributed by atoms with E-state index in [1.54, 1.807) is 0 Å². The number of hydrogen-bond acceptors (Lipinski definition) is 5. The molecule has 1 aliphatic rings. The molecule has 0 saturated carbocycles. The zero-order valence-corrected chi connectivity index (χ0v) is 8.79. The van der Waals surface area contributed by atoms with Crippen molar-refractivity contribution in [2.24, 2.45) is 0 Å². The van der Waals surface area contributed by atoms with Crippen molar-refractivity contribution in [1.29, 1.82) is 0 Å². The van der Waals surface area contributed by atoms with Gasteiger partial charge in [-0.05, 0) is 30.8 Å². The van der Waals surface area contributed by atoms with Crippen molar-refractivity contribution < 1.29 is 9.84 Å². The predicted octanol–water partition coefficient (Wildman–Crippen LogP) is 1.01. The second-order valence-electron chi connectivity index (χ2n) is 3.72. The van der Waals surface area contributed by atoms with E-state index in [1.807, 2.05) is 5.38 Å². The first-order valence-electron chi connectivity index (χ1n) is 4.85. The first-order chi connectivity index (χ1) is 6.85. The molecule has 14 heavy (non-hydrogen) atoms. The van der Waals surface area contributed by atoms with Crippen molar-refractivity contribution >= 4 is 11.5 Å². The minimum Gasteiger partial charge on any atom is -0.393 e. The predicted molar refractivity (Wildman–Crippen MR) is 53.2 cm³/mol. The van der Waals surface area contributed by atoms with Crippen LogP contribution < -0.4 is 0 Å². The molecule has 5 heteroatoms. The van der Waals surface area contributed by atoms with Gasteiger partial charge >= 0.3 is 0 Å². The summed E-state index contributed by atoms with van der Waals surface area (Å²) in [7, 11) is 0. The molecule has 4 nitrogen and oxygen atoms in total. The van der Waals surface area contributed by atoms with Gasteiger partial charge in [-0.3, -0.25) is 0 Å². The number of rotatable bonds is 3. The fraction of sp³-hybridized carbons (Fsp3) is 0.778. The quantitative estimate of drug-likeness (QED) is 0.816. The molecular formula is C9H14N2O2S. The van der Waals surface area contributed by atoms with E-state index in [9.17, 15) is 5.11 Å². The maximum absolute atomic E-state index is 9.37. The topological polar surface area (TPSA) is 55.2 Å². The molecule has 1 aromatic heterocycles. The van der Waals surface area contributed by atoms with Gasteiger partial charge in [-0.2, -0.15) is 0 Å². The maximum atomic E-state index is 9.37. The molecule has 0 bridgehead atoms. The Bertz CT molecular complexity index is 270. The van der Waals surface area contributed by atoms with Crippen LogP contribution in [0.15, 0.2) is 5.38 Å². The van der Waals surface area contributed by atoms with E-state index in [0.717, 1.165) is 31.6 Å². The molecule has 0 spiro atoms. The Morgan fingerprint density at radius 1 is 1.57 bits per heavy atom. The highest BCUT2D eigenvalue weighted by Crippen LogP contribution is 2.27. The Morgan fingerprint density at radius 2 is 2.50 bits per heavy atom.